The van der Waals surface area contributed by atoms with E-state index in [2.05, 4.69) is 55.7 Å². The normalized spacial score (nSPS) is 42.6. The number of aliphatic hydroxyl groups excluding tert-OH is 1. The van der Waals surface area contributed by atoms with E-state index in [-0.39, 0.29) is 40.4 Å². The highest BCUT2D eigenvalue weighted by Crippen LogP contribution is 2.69. The van der Waals surface area contributed by atoms with Gasteiger partial charge >= 0.3 is 6.03 Å². The number of nitrogens with zero attached hydrogens (tertiary/aromatic N) is 1. The lowest BCUT2D eigenvalue weighted by Crippen LogP contribution is -2.71. The summed E-state index contributed by atoms with van der Waals surface area (Å²) in [5.74, 6) is 0.896. The third-order valence-corrected chi connectivity index (χ3v) is 12.4. The molecule has 2 heterocycles. The maximum atomic E-state index is 12.9. The van der Waals surface area contributed by atoms with Gasteiger partial charge in [-0.3, -0.25) is 4.79 Å². The molecule has 0 radical (unpaired) electrons. The summed E-state index contributed by atoms with van der Waals surface area (Å²) in [6.45, 7) is 11.2. The minimum atomic E-state index is -0.674. The molecule has 3 amide bonds. The van der Waals surface area contributed by atoms with Gasteiger partial charge in [0.1, 0.15) is 11.4 Å². The number of ether oxygens (including phenoxy) is 1. The molecule has 2 saturated heterocycles. The summed E-state index contributed by atoms with van der Waals surface area (Å²) < 4.78 is 7.49. The maximum absolute atomic E-state index is 12.9. The van der Waals surface area contributed by atoms with Crippen LogP contribution in [-0.4, -0.2) is 45.8 Å². The van der Waals surface area contributed by atoms with Crippen molar-refractivity contribution in [2.75, 3.05) is 0 Å². The van der Waals surface area contributed by atoms with Crippen molar-refractivity contribution in [3.63, 3.8) is 0 Å². The quantitative estimate of drug-likeness (QED) is 0.399. The monoisotopic (exact) mass is 566 g/mol. The van der Waals surface area contributed by atoms with Gasteiger partial charge < -0.3 is 20.9 Å². The number of nitrogens with one attached hydrogen (secondary N) is 2. The number of hydrogen-bond donors (Lipinski definition) is 4. The predicted octanol–water partition coefficient (Wildman–Crippen LogP) is 4.58. The summed E-state index contributed by atoms with van der Waals surface area (Å²) in [6.07, 6.45) is 3.40. The van der Waals surface area contributed by atoms with E-state index in [9.17, 15) is 14.7 Å². The summed E-state index contributed by atoms with van der Waals surface area (Å²) in [4.78, 5) is 25.8. The van der Waals surface area contributed by atoms with Crippen LogP contribution >= 0.6 is 11.8 Å². The topological polar surface area (TPSA) is 126 Å². The van der Waals surface area contributed by atoms with Crippen molar-refractivity contribution < 1.29 is 19.4 Å². The lowest BCUT2D eigenvalue weighted by atomic mass is 9.42. The Morgan fingerprint density at radius 3 is 2.60 bits per heavy atom. The molecule has 6 rings (SSSR count). The average Bonchev–Trinajstić information content (AvgIpc) is 3.16. The number of rotatable bonds is 3. The number of primary amides is 1. The minimum Gasteiger partial charge on any atom is -0.490 e. The Kier molecular flexibility index (Phi) is 6.57. The summed E-state index contributed by atoms with van der Waals surface area (Å²) in [5.41, 5.74) is 8.84. The van der Waals surface area contributed by atoms with Gasteiger partial charge in [-0.1, -0.05) is 45.9 Å². The van der Waals surface area contributed by atoms with E-state index in [1.807, 2.05) is 25.1 Å². The Balaban J connectivity index is 1.52. The van der Waals surface area contributed by atoms with Crippen molar-refractivity contribution >= 4 is 29.4 Å². The number of hydrogen-bond acceptors (Lipinski definition) is 6. The van der Waals surface area contributed by atoms with Gasteiger partial charge in [-0.05, 0) is 50.7 Å². The highest BCUT2D eigenvalue weighted by molar-refractivity contribution is 8.00. The van der Waals surface area contributed by atoms with E-state index >= 15 is 0 Å². The molecule has 2 aliphatic heterocycles. The smallest absolute Gasteiger partial charge is 0.332 e. The molecule has 9 atom stereocenters. The van der Waals surface area contributed by atoms with Crippen LogP contribution in [0, 0.1) is 34.5 Å². The molecule has 5 aliphatic rings. The number of amides is 3. The predicted molar refractivity (Wildman–Crippen MR) is 155 cm³/mol. The fourth-order valence-corrected chi connectivity index (χ4v) is 10.5. The lowest BCUT2D eigenvalue weighted by Gasteiger charge is -2.69. The zero-order valence-corrected chi connectivity index (χ0v) is 24.9. The van der Waals surface area contributed by atoms with Gasteiger partial charge in [0.15, 0.2) is 0 Å². The fourth-order valence-electron chi connectivity index (χ4n) is 9.03. The molecule has 1 aromatic rings. The second-order valence-electron chi connectivity index (χ2n) is 13.5. The molecule has 9 heteroatoms. The standard InChI is InChI=1S/C31H42N4O4S/c1-16-11-12-23-29(3,4)26(34-35-28(32)38)22(40-18-9-7-6-8-10-18)15-31(23)30(16,5)14-20-21(36)13-19-24(25(20)39-31)17(2)33-27(19)37/h6-10,16-17,19-23,36H,11-15H2,1-5H3,(H,33,37)(H3,32,35,38). The Bertz CT molecular complexity index is 1280. The van der Waals surface area contributed by atoms with Crippen LogP contribution in [0.25, 0.3) is 0 Å². The third-order valence-electron chi connectivity index (χ3n) is 11.2. The fraction of sp³-hybridized carbons (Fsp3) is 0.645. The third kappa shape index (κ3) is 3.94. The summed E-state index contributed by atoms with van der Waals surface area (Å²) in [5, 5.41) is 19.1. The van der Waals surface area contributed by atoms with Gasteiger partial charge in [0, 0.05) is 39.6 Å². The second-order valence-corrected chi connectivity index (χ2v) is 14.8. The molecule has 0 bridgehead atoms. The Labute approximate surface area is 240 Å². The zero-order chi connectivity index (χ0) is 28.6. The maximum Gasteiger partial charge on any atom is 0.332 e. The van der Waals surface area contributed by atoms with Crippen LogP contribution in [0.15, 0.2) is 51.7 Å². The molecular weight excluding hydrogens is 524 g/mol. The van der Waals surface area contributed by atoms with Gasteiger partial charge in [-0.2, -0.15) is 5.10 Å². The van der Waals surface area contributed by atoms with Crippen molar-refractivity contribution in [2.45, 2.75) is 94.6 Å². The molecule has 5 N–H and O–H groups in total. The van der Waals surface area contributed by atoms with Crippen LogP contribution in [0.5, 0.6) is 0 Å². The van der Waals surface area contributed by atoms with E-state index in [0.29, 0.717) is 18.8 Å². The van der Waals surface area contributed by atoms with E-state index in [1.165, 1.54) is 0 Å². The van der Waals surface area contributed by atoms with Crippen molar-refractivity contribution in [3.8, 4) is 0 Å². The molecule has 1 aromatic carbocycles. The van der Waals surface area contributed by atoms with Crippen molar-refractivity contribution in [3.05, 3.63) is 41.7 Å². The summed E-state index contributed by atoms with van der Waals surface area (Å²) >= 11 is 1.75. The van der Waals surface area contributed by atoms with Crippen molar-refractivity contribution in [2.24, 2.45) is 45.3 Å². The average molecular weight is 567 g/mol. The molecule has 8 nitrogen and oxygen atoms in total. The Morgan fingerprint density at radius 1 is 1.18 bits per heavy atom. The largest absolute Gasteiger partial charge is 0.490 e. The van der Waals surface area contributed by atoms with Gasteiger partial charge in [-0.15, -0.1) is 11.8 Å². The first-order chi connectivity index (χ1) is 18.9. The lowest BCUT2D eigenvalue weighted by molar-refractivity contribution is -0.250. The van der Waals surface area contributed by atoms with Crippen molar-refractivity contribution in [1.82, 2.24) is 10.7 Å². The number of urea groups is 1. The number of aliphatic hydroxyl groups is 1. The number of hydrazone groups is 1. The van der Waals surface area contributed by atoms with Crippen molar-refractivity contribution in [1.29, 1.82) is 0 Å². The molecule has 40 heavy (non-hydrogen) atoms. The molecule has 0 aromatic heterocycles. The first-order valence-corrected chi connectivity index (χ1v) is 15.5. The number of fused-ring (bicyclic) bond motifs is 2. The van der Waals surface area contributed by atoms with Crippen LogP contribution in [-0.2, 0) is 9.53 Å². The molecule has 3 aliphatic carbocycles. The SMILES string of the molecule is CC1NC(=O)C2CC(O)C3CC4(C)C(C)CCC5C(C)(C)C(=NNC(N)=O)C(Sc6ccccc6)CC54OC3=C12. The number of nitrogens with two attached hydrogens (primary N) is 1. The molecule has 4 fully saturated rings. The molecule has 1 spiro atoms. The second kappa shape index (κ2) is 9.51. The van der Waals surface area contributed by atoms with Crippen LogP contribution < -0.4 is 16.5 Å². The Morgan fingerprint density at radius 2 is 1.90 bits per heavy atom. The molecule has 216 valence electrons. The minimum absolute atomic E-state index is 0.0103. The molecule has 9 unspecified atom stereocenters. The van der Waals surface area contributed by atoms with Crippen LogP contribution in [0.4, 0.5) is 4.79 Å². The first-order valence-electron chi connectivity index (χ1n) is 14.7. The number of carbonyl (C=O) groups is 2. The van der Waals surface area contributed by atoms with E-state index in [0.717, 1.165) is 41.2 Å². The summed E-state index contributed by atoms with van der Waals surface area (Å²) in [6, 6.07) is 9.50. The van der Waals surface area contributed by atoms with Crippen LogP contribution in [0.3, 0.4) is 0 Å². The van der Waals surface area contributed by atoms with E-state index in [4.69, 9.17) is 10.5 Å². The number of thioether (sulfide) groups is 1. The first kappa shape index (κ1) is 27.6. The number of benzene rings is 1. The van der Waals surface area contributed by atoms with Crippen LogP contribution in [0.1, 0.15) is 66.7 Å². The Hall–Kier alpha value is -2.52. The van der Waals surface area contributed by atoms with Gasteiger partial charge in [0.05, 0.1) is 29.0 Å². The molecule has 2 saturated carbocycles. The van der Waals surface area contributed by atoms with Gasteiger partial charge in [0.25, 0.3) is 0 Å². The summed E-state index contributed by atoms with van der Waals surface area (Å²) in [7, 11) is 0. The zero-order valence-electron chi connectivity index (χ0n) is 24.1. The molecular formula is C31H42N4O4S. The number of carbonyl (C=O) groups excluding carboxylic acids is 2. The van der Waals surface area contributed by atoms with Crippen LogP contribution in [0.2, 0.25) is 0 Å². The van der Waals surface area contributed by atoms with E-state index < -0.39 is 23.2 Å². The van der Waals surface area contributed by atoms with E-state index in [1.54, 1.807) is 11.8 Å². The van der Waals surface area contributed by atoms with Gasteiger partial charge in [-0.25, -0.2) is 10.2 Å². The highest BCUT2D eigenvalue weighted by Gasteiger charge is 2.71. The van der Waals surface area contributed by atoms with Gasteiger partial charge in [0.2, 0.25) is 5.91 Å². The highest BCUT2D eigenvalue weighted by atomic mass is 32.2.